The van der Waals surface area contributed by atoms with E-state index in [9.17, 15) is 4.79 Å². The molecule has 3 aliphatic rings. The molecule has 0 radical (unpaired) electrons. The average molecular weight is 315 g/mol. The van der Waals surface area contributed by atoms with Crippen LogP contribution in [-0.2, 0) is 9.53 Å². The molecule has 0 aromatic heterocycles. The van der Waals surface area contributed by atoms with Crippen LogP contribution in [0, 0.1) is 5.92 Å². The third-order valence-electron chi connectivity index (χ3n) is 5.58. The lowest BCUT2D eigenvalue weighted by Gasteiger charge is -2.40. The minimum Gasteiger partial charge on any atom is -0.370 e. The molecular weight excluding hydrogens is 290 g/mol. The molecule has 2 heterocycles. The molecule has 1 aromatic rings. The van der Waals surface area contributed by atoms with Crippen LogP contribution in [0.5, 0.6) is 0 Å². The smallest absolute Gasteiger partial charge is 0.241 e. The summed E-state index contributed by atoms with van der Waals surface area (Å²) < 4.78 is 5.98. The van der Waals surface area contributed by atoms with Gasteiger partial charge in [-0.2, -0.15) is 0 Å². The van der Waals surface area contributed by atoms with Crippen LogP contribution >= 0.6 is 0 Å². The fraction of sp³-hybridized carbons (Fsp3) is 0.611. The maximum Gasteiger partial charge on any atom is 0.241 e. The van der Waals surface area contributed by atoms with Gasteiger partial charge in [-0.15, -0.1) is 0 Å². The molecule has 2 aliphatic heterocycles. The summed E-state index contributed by atoms with van der Waals surface area (Å²) in [6.45, 7) is 3.31. The molecule has 5 nitrogen and oxygen atoms in total. The predicted molar refractivity (Wildman–Crippen MR) is 87.5 cm³/mol. The van der Waals surface area contributed by atoms with Crippen molar-refractivity contribution >= 4 is 5.91 Å². The Morgan fingerprint density at radius 3 is 2.87 bits per heavy atom. The summed E-state index contributed by atoms with van der Waals surface area (Å²) in [5, 5.41) is 0. The van der Waals surface area contributed by atoms with Gasteiger partial charge in [0.15, 0.2) is 0 Å². The van der Waals surface area contributed by atoms with E-state index in [0.717, 1.165) is 12.0 Å². The number of hydrazine groups is 1. The predicted octanol–water partition coefficient (Wildman–Crippen LogP) is 1.62. The number of benzene rings is 1. The second-order valence-electron chi connectivity index (χ2n) is 7.04. The highest BCUT2D eigenvalue weighted by atomic mass is 16.5. The van der Waals surface area contributed by atoms with Crippen molar-refractivity contribution in [2.24, 2.45) is 5.92 Å². The molecule has 23 heavy (non-hydrogen) atoms. The Balaban J connectivity index is 1.49. The zero-order chi connectivity index (χ0) is 15.8. The van der Waals surface area contributed by atoms with Crippen LogP contribution in [0.2, 0.25) is 0 Å². The standard InChI is InChI=1S/C18H25N3O2/c1-12-11-23-16(13-6-3-2-4-7-13)10-21(12)18(22)17-14-8-5-9-15(14)19-20-17/h2-4,6-7,12,14-17,19-20H,5,8-11H2,1H3. The van der Waals surface area contributed by atoms with Gasteiger partial charge in [0.05, 0.1) is 19.2 Å². The van der Waals surface area contributed by atoms with Gasteiger partial charge in [-0.05, 0) is 25.3 Å². The van der Waals surface area contributed by atoms with Crippen LogP contribution in [0.15, 0.2) is 30.3 Å². The first kappa shape index (κ1) is 15.1. The molecule has 0 bridgehead atoms. The van der Waals surface area contributed by atoms with Crippen molar-refractivity contribution in [1.29, 1.82) is 0 Å². The molecule has 1 saturated carbocycles. The van der Waals surface area contributed by atoms with Crippen molar-refractivity contribution in [3.05, 3.63) is 35.9 Å². The van der Waals surface area contributed by atoms with E-state index in [2.05, 4.69) is 29.9 Å². The molecule has 3 fully saturated rings. The van der Waals surface area contributed by atoms with Crippen molar-refractivity contribution in [2.75, 3.05) is 13.2 Å². The van der Waals surface area contributed by atoms with Crippen LogP contribution in [0.25, 0.3) is 0 Å². The monoisotopic (exact) mass is 315 g/mol. The van der Waals surface area contributed by atoms with E-state index in [1.54, 1.807) is 0 Å². The van der Waals surface area contributed by atoms with Gasteiger partial charge < -0.3 is 9.64 Å². The fourth-order valence-electron chi connectivity index (χ4n) is 4.23. The number of carbonyl (C=O) groups is 1. The highest BCUT2D eigenvalue weighted by molar-refractivity contribution is 5.83. The highest BCUT2D eigenvalue weighted by Crippen LogP contribution is 2.33. The van der Waals surface area contributed by atoms with E-state index in [0.29, 0.717) is 25.1 Å². The zero-order valence-electron chi connectivity index (χ0n) is 13.6. The first-order valence-electron chi connectivity index (χ1n) is 8.72. The molecule has 2 N–H and O–H groups in total. The highest BCUT2D eigenvalue weighted by Gasteiger charge is 2.45. The lowest BCUT2D eigenvalue weighted by Crippen LogP contribution is -2.55. The Kier molecular flexibility index (Phi) is 4.09. The summed E-state index contributed by atoms with van der Waals surface area (Å²) in [7, 11) is 0. The van der Waals surface area contributed by atoms with E-state index >= 15 is 0 Å². The van der Waals surface area contributed by atoms with E-state index in [1.807, 2.05) is 23.1 Å². The number of nitrogens with one attached hydrogen (secondary N) is 2. The minimum atomic E-state index is -0.0838. The van der Waals surface area contributed by atoms with Crippen LogP contribution < -0.4 is 10.9 Å². The zero-order valence-corrected chi connectivity index (χ0v) is 13.6. The Labute approximate surface area is 137 Å². The Morgan fingerprint density at radius 2 is 2.04 bits per heavy atom. The van der Waals surface area contributed by atoms with Gasteiger partial charge in [0.2, 0.25) is 5.91 Å². The van der Waals surface area contributed by atoms with E-state index < -0.39 is 0 Å². The number of ether oxygens (including phenoxy) is 1. The summed E-state index contributed by atoms with van der Waals surface area (Å²) in [6, 6.07) is 10.7. The summed E-state index contributed by atoms with van der Waals surface area (Å²) in [6.07, 6.45) is 3.51. The third-order valence-corrected chi connectivity index (χ3v) is 5.58. The first-order valence-corrected chi connectivity index (χ1v) is 8.72. The molecule has 2 saturated heterocycles. The van der Waals surface area contributed by atoms with Gasteiger partial charge in [-0.25, -0.2) is 5.43 Å². The van der Waals surface area contributed by atoms with Gasteiger partial charge in [0.25, 0.3) is 0 Å². The summed E-state index contributed by atoms with van der Waals surface area (Å²) in [4.78, 5) is 15.1. The van der Waals surface area contributed by atoms with Gasteiger partial charge in [0.1, 0.15) is 12.1 Å². The quantitative estimate of drug-likeness (QED) is 0.871. The second kappa shape index (κ2) is 6.23. The molecule has 4 rings (SSSR count). The maximum absolute atomic E-state index is 13.1. The van der Waals surface area contributed by atoms with Gasteiger partial charge >= 0.3 is 0 Å². The SMILES string of the molecule is CC1COC(c2ccccc2)CN1C(=O)C1NNC2CCCC21. The van der Waals surface area contributed by atoms with Crippen molar-refractivity contribution in [1.82, 2.24) is 15.8 Å². The summed E-state index contributed by atoms with van der Waals surface area (Å²) in [5.41, 5.74) is 7.71. The minimum absolute atomic E-state index is 0.0231. The van der Waals surface area contributed by atoms with Crippen molar-refractivity contribution in [3.8, 4) is 0 Å². The summed E-state index contributed by atoms with van der Waals surface area (Å²) >= 11 is 0. The lowest BCUT2D eigenvalue weighted by molar-refractivity contribution is -0.147. The normalized spacial score (nSPS) is 36.9. The van der Waals surface area contributed by atoms with Gasteiger partial charge in [-0.3, -0.25) is 10.2 Å². The molecular formula is C18H25N3O2. The van der Waals surface area contributed by atoms with Crippen molar-refractivity contribution in [2.45, 2.75) is 50.4 Å². The first-order chi connectivity index (χ1) is 11.2. The Hall–Kier alpha value is -1.43. The molecule has 0 spiro atoms. The van der Waals surface area contributed by atoms with Crippen molar-refractivity contribution < 1.29 is 9.53 Å². The number of rotatable bonds is 2. The van der Waals surface area contributed by atoms with Gasteiger partial charge in [0, 0.05) is 12.0 Å². The Morgan fingerprint density at radius 1 is 1.22 bits per heavy atom. The number of carbonyl (C=O) groups excluding carboxylic acids is 1. The van der Waals surface area contributed by atoms with E-state index in [-0.39, 0.29) is 24.1 Å². The second-order valence-corrected chi connectivity index (χ2v) is 7.04. The fourth-order valence-corrected chi connectivity index (χ4v) is 4.23. The number of nitrogens with zero attached hydrogens (tertiary/aromatic N) is 1. The summed E-state index contributed by atoms with van der Waals surface area (Å²) in [5.74, 6) is 0.663. The maximum atomic E-state index is 13.1. The lowest BCUT2D eigenvalue weighted by atomic mass is 9.95. The van der Waals surface area contributed by atoms with Gasteiger partial charge in [-0.1, -0.05) is 36.8 Å². The number of morpholine rings is 1. The van der Waals surface area contributed by atoms with Crippen molar-refractivity contribution in [3.63, 3.8) is 0 Å². The topological polar surface area (TPSA) is 53.6 Å². The number of hydrogen-bond acceptors (Lipinski definition) is 4. The average Bonchev–Trinajstić information content (AvgIpc) is 3.19. The molecule has 5 unspecified atom stereocenters. The Bertz CT molecular complexity index is 565. The van der Waals surface area contributed by atoms with Crippen LogP contribution in [0.4, 0.5) is 0 Å². The third kappa shape index (κ3) is 2.77. The molecule has 124 valence electrons. The molecule has 5 atom stereocenters. The molecule has 1 aliphatic carbocycles. The largest absolute Gasteiger partial charge is 0.370 e. The number of amides is 1. The number of fused-ring (bicyclic) bond motifs is 1. The van der Waals surface area contributed by atoms with Crippen LogP contribution in [-0.4, -0.2) is 42.1 Å². The molecule has 1 aromatic carbocycles. The molecule has 1 amide bonds. The van der Waals surface area contributed by atoms with E-state index in [1.165, 1.54) is 12.8 Å². The number of hydrogen-bond donors (Lipinski definition) is 2. The van der Waals surface area contributed by atoms with E-state index in [4.69, 9.17) is 4.74 Å². The van der Waals surface area contributed by atoms with Crippen LogP contribution in [0.3, 0.4) is 0 Å². The molecule has 5 heteroatoms. The van der Waals surface area contributed by atoms with Crippen LogP contribution in [0.1, 0.15) is 37.9 Å².